The summed E-state index contributed by atoms with van der Waals surface area (Å²) in [5.74, 6) is -0.172. The zero-order chi connectivity index (χ0) is 12.3. The lowest BCUT2D eigenvalue weighted by Crippen LogP contribution is -2.39. The fraction of sp³-hybridized carbons (Fsp3) is 0.538. The van der Waals surface area contributed by atoms with Crippen molar-refractivity contribution in [2.45, 2.75) is 32.4 Å². The Morgan fingerprint density at radius 2 is 2.00 bits per heavy atom. The lowest BCUT2D eigenvalue weighted by molar-refractivity contribution is -0.00901. The summed E-state index contributed by atoms with van der Waals surface area (Å²) in [5.41, 5.74) is 1.36. The van der Waals surface area contributed by atoms with Crippen LogP contribution in [0.5, 0.6) is 0 Å². The second-order valence-corrected chi connectivity index (χ2v) is 4.54. The van der Waals surface area contributed by atoms with Gasteiger partial charge in [-0.25, -0.2) is 4.39 Å². The first-order chi connectivity index (χ1) is 7.42. The van der Waals surface area contributed by atoms with E-state index < -0.39 is 0 Å². The topological polar surface area (TPSA) is 21.3 Å². The Balaban J connectivity index is 3.09. The van der Waals surface area contributed by atoms with Gasteiger partial charge < -0.3 is 10.1 Å². The van der Waals surface area contributed by atoms with Gasteiger partial charge in [0.05, 0.1) is 11.6 Å². The van der Waals surface area contributed by atoms with E-state index in [-0.39, 0.29) is 17.5 Å². The molecule has 0 saturated carbocycles. The van der Waals surface area contributed by atoms with Crippen LogP contribution in [-0.2, 0) is 4.74 Å². The van der Waals surface area contributed by atoms with Crippen LogP contribution in [0.2, 0.25) is 0 Å². The van der Waals surface area contributed by atoms with Gasteiger partial charge in [0.1, 0.15) is 5.82 Å². The van der Waals surface area contributed by atoms with E-state index in [1.165, 1.54) is 6.07 Å². The van der Waals surface area contributed by atoms with Gasteiger partial charge in [0.15, 0.2) is 0 Å². The molecule has 1 atom stereocenters. The minimum Gasteiger partial charge on any atom is -0.377 e. The number of hydrogen-bond donors (Lipinski definition) is 1. The molecule has 0 radical (unpaired) electrons. The highest BCUT2D eigenvalue weighted by molar-refractivity contribution is 5.28. The quantitative estimate of drug-likeness (QED) is 0.850. The Bertz CT molecular complexity index is 363. The summed E-state index contributed by atoms with van der Waals surface area (Å²) in [7, 11) is 3.56. The monoisotopic (exact) mass is 225 g/mol. The van der Waals surface area contributed by atoms with Crippen LogP contribution in [0, 0.1) is 12.7 Å². The summed E-state index contributed by atoms with van der Waals surface area (Å²) < 4.78 is 18.7. The van der Waals surface area contributed by atoms with Crippen LogP contribution >= 0.6 is 0 Å². The molecular formula is C13H20FNO. The molecule has 0 heterocycles. The van der Waals surface area contributed by atoms with Crippen LogP contribution in [0.25, 0.3) is 0 Å². The smallest absolute Gasteiger partial charge is 0.126 e. The van der Waals surface area contributed by atoms with Crippen LogP contribution in [0.15, 0.2) is 18.2 Å². The summed E-state index contributed by atoms with van der Waals surface area (Å²) in [4.78, 5) is 0. The Morgan fingerprint density at radius 3 is 2.44 bits per heavy atom. The van der Waals surface area contributed by atoms with Crippen molar-refractivity contribution in [3.05, 3.63) is 35.1 Å². The van der Waals surface area contributed by atoms with E-state index in [1.54, 1.807) is 20.1 Å². The highest BCUT2D eigenvalue weighted by Gasteiger charge is 2.29. The van der Waals surface area contributed by atoms with Gasteiger partial charge in [-0.2, -0.15) is 0 Å². The normalized spacial score (nSPS) is 13.9. The third kappa shape index (κ3) is 2.60. The van der Waals surface area contributed by atoms with Crippen molar-refractivity contribution in [3.63, 3.8) is 0 Å². The molecule has 1 unspecified atom stereocenters. The lowest BCUT2D eigenvalue weighted by atomic mass is 9.91. The highest BCUT2D eigenvalue weighted by atomic mass is 19.1. The van der Waals surface area contributed by atoms with E-state index in [0.717, 1.165) is 5.56 Å². The Morgan fingerprint density at radius 1 is 1.38 bits per heavy atom. The number of rotatable bonds is 4. The second kappa shape index (κ2) is 4.93. The van der Waals surface area contributed by atoms with Gasteiger partial charge in [0.25, 0.3) is 0 Å². The molecule has 0 aromatic heterocycles. The number of likely N-dealkylation sites (N-methyl/N-ethyl adjacent to an activating group) is 1. The zero-order valence-corrected chi connectivity index (χ0v) is 10.6. The number of ether oxygens (including phenoxy) is 1. The molecule has 0 aliphatic heterocycles. The molecule has 0 amide bonds. The molecule has 1 aromatic carbocycles. The van der Waals surface area contributed by atoms with Crippen molar-refractivity contribution in [3.8, 4) is 0 Å². The van der Waals surface area contributed by atoms with Gasteiger partial charge in [-0.1, -0.05) is 12.1 Å². The molecule has 0 spiro atoms. The molecule has 2 nitrogen and oxygen atoms in total. The van der Waals surface area contributed by atoms with Gasteiger partial charge in [-0.15, -0.1) is 0 Å². The van der Waals surface area contributed by atoms with Gasteiger partial charge >= 0.3 is 0 Å². The van der Waals surface area contributed by atoms with Crippen molar-refractivity contribution in [1.82, 2.24) is 5.32 Å². The first-order valence-corrected chi connectivity index (χ1v) is 5.41. The largest absolute Gasteiger partial charge is 0.377 e. The molecular weight excluding hydrogens is 205 g/mol. The summed E-state index contributed by atoms with van der Waals surface area (Å²) in [6, 6.07) is 5.19. The number of halogens is 1. The predicted molar refractivity (Wildman–Crippen MR) is 64.0 cm³/mol. The third-order valence-electron chi connectivity index (χ3n) is 3.03. The molecule has 16 heavy (non-hydrogen) atoms. The summed E-state index contributed by atoms with van der Waals surface area (Å²) in [6.45, 7) is 5.78. The number of hydrogen-bond acceptors (Lipinski definition) is 2. The fourth-order valence-corrected chi connectivity index (χ4v) is 1.88. The zero-order valence-electron chi connectivity index (χ0n) is 10.6. The van der Waals surface area contributed by atoms with E-state index >= 15 is 0 Å². The maximum absolute atomic E-state index is 13.2. The highest BCUT2D eigenvalue weighted by Crippen LogP contribution is 2.28. The summed E-state index contributed by atoms with van der Waals surface area (Å²) >= 11 is 0. The molecule has 0 bridgehead atoms. The van der Waals surface area contributed by atoms with Gasteiger partial charge in [0, 0.05) is 7.11 Å². The molecule has 3 heteroatoms. The first-order valence-electron chi connectivity index (χ1n) is 5.41. The molecule has 1 rings (SSSR count). The molecule has 0 aliphatic rings. The Labute approximate surface area is 96.8 Å². The van der Waals surface area contributed by atoms with Crippen molar-refractivity contribution in [2.24, 2.45) is 0 Å². The maximum Gasteiger partial charge on any atom is 0.126 e. The average molecular weight is 225 g/mol. The first kappa shape index (κ1) is 13.1. The van der Waals surface area contributed by atoms with E-state index in [1.807, 2.05) is 27.0 Å². The van der Waals surface area contributed by atoms with Crippen molar-refractivity contribution >= 4 is 0 Å². The second-order valence-electron chi connectivity index (χ2n) is 4.54. The molecule has 90 valence electrons. The lowest BCUT2D eigenvalue weighted by Gasteiger charge is -2.33. The predicted octanol–water partition coefficient (Wildman–Crippen LogP) is 2.82. The van der Waals surface area contributed by atoms with E-state index in [9.17, 15) is 4.39 Å². The van der Waals surface area contributed by atoms with Crippen molar-refractivity contribution in [2.75, 3.05) is 14.2 Å². The number of nitrogens with one attached hydrogen (secondary N) is 1. The molecule has 1 N–H and O–H groups in total. The van der Waals surface area contributed by atoms with Crippen LogP contribution in [0.4, 0.5) is 4.39 Å². The summed E-state index contributed by atoms with van der Waals surface area (Å²) in [6.07, 6.45) is 0. The number of aryl methyl sites for hydroxylation is 1. The summed E-state index contributed by atoms with van der Waals surface area (Å²) in [5, 5.41) is 3.21. The molecule has 1 aromatic rings. The molecule has 0 saturated heterocycles. The van der Waals surface area contributed by atoms with E-state index in [0.29, 0.717) is 5.56 Å². The maximum atomic E-state index is 13.2. The third-order valence-corrected chi connectivity index (χ3v) is 3.03. The van der Waals surface area contributed by atoms with Crippen LogP contribution < -0.4 is 5.32 Å². The SMILES string of the molecule is CNC(c1ccc(F)c(C)c1)C(C)(C)OC. The van der Waals surface area contributed by atoms with Gasteiger partial charge in [-0.3, -0.25) is 0 Å². The van der Waals surface area contributed by atoms with Crippen molar-refractivity contribution < 1.29 is 9.13 Å². The minimum atomic E-state index is -0.334. The Kier molecular flexibility index (Phi) is 4.05. The van der Waals surface area contributed by atoms with Crippen LogP contribution in [-0.4, -0.2) is 19.8 Å². The molecule has 0 aliphatic carbocycles. The van der Waals surface area contributed by atoms with Crippen LogP contribution in [0.1, 0.15) is 31.0 Å². The average Bonchev–Trinajstić information content (AvgIpc) is 2.24. The number of methoxy groups -OCH3 is 1. The van der Waals surface area contributed by atoms with E-state index in [4.69, 9.17) is 4.74 Å². The fourth-order valence-electron chi connectivity index (χ4n) is 1.88. The van der Waals surface area contributed by atoms with Crippen molar-refractivity contribution in [1.29, 1.82) is 0 Å². The van der Waals surface area contributed by atoms with Gasteiger partial charge in [0.2, 0.25) is 0 Å². The Hall–Kier alpha value is -0.930. The molecule has 0 fully saturated rings. The minimum absolute atomic E-state index is 0.0387. The van der Waals surface area contributed by atoms with E-state index in [2.05, 4.69) is 5.32 Å². The standard InChI is InChI=1S/C13H20FNO/c1-9-8-10(6-7-11(9)14)12(15-4)13(2,3)16-5/h6-8,12,15H,1-5H3. The number of benzene rings is 1. The van der Waals surface area contributed by atoms with Gasteiger partial charge in [-0.05, 0) is 45.0 Å². The van der Waals surface area contributed by atoms with Crippen LogP contribution in [0.3, 0.4) is 0 Å².